The Morgan fingerprint density at radius 3 is 2.44 bits per heavy atom. The van der Waals surface area contributed by atoms with Gasteiger partial charge in [0.2, 0.25) is 11.8 Å². The van der Waals surface area contributed by atoms with Crippen molar-refractivity contribution in [1.82, 2.24) is 15.5 Å². The maximum Gasteiger partial charge on any atom is 0.244 e. The topological polar surface area (TPSA) is 61.4 Å². The minimum atomic E-state index is -0.384. The first-order valence-electron chi connectivity index (χ1n) is 6.98. The van der Waals surface area contributed by atoms with E-state index in [1.165, 1.54) is 0 Å². The molecule has 102 valence electrons. The summed E-state index contributed by atoms with van der Waals surface area (Å²) in [6.07, 6.45) is 3.91. The van der Waals surface area contributed by atoms with E-state index in [-0.39, 0.29) is 23.8 Å². The second kappa shape index (κ2) is 6.18. The van der Waals surface area contributed by atoms with Crippen molar-refractivity contribution in [3.8, 4) is 0 Å². The summed E-state index contributed by atoms with van der Waals surface area (Å²) in [5.41, 5.74) is 0. The van der Waals surface area contributed by atoms with Crippen LogP contribution in [0.4, 0.5) is 0 Å². The number of carbonyl (C=O) groups excluding carboxylic acids is 2. The zero-order valence-corrected chi connectivity index (χ0v) is 11.1. The summed E-state index contributed by atoms with van der Waals surface area (Å²) in [6, 6.07) is -0.384. The van der Waals surface area contributed by atoms with Crippen molar-refractivity contribution in [2.24, 2.45) is 5.92 Å². The predicted octanol–water partition coefficient (Wildman–Crippen LogP) is 0.113. The average Bonchev–Trinajstić information content (AvgIpc) is 2.92. The zero-order valence-electron chi connectivity index (χ0n) is 11.1. The lowest BCUT2D eigenvalue weighted by Crippen LogP contribution is -2.48. The van der Waals surface area contributed by atoms with Crippen molar-refractivity contribution in [1.29, 1.82) is 0 Å². The third-order valence-corrected chi connectivity index (χ3v) is 3.86. The normalized spacial score (nSPS) is 22.8. The molecular formula is C13H23N3O2. The van der Waals surface area contributed by atoms with Gasteiger partial charge in [0, 0.05) is 19.0 Å². The third-order valence-electron chi connectivity index (χ3n) is 3.86. The van der Waals surface area contributed by atoms with Gasteiger partial charge in [0.15, 0.2) is 0 Å². The standard InChI is InChI=1S/C13H23N3O2/c1-10(13(18)16-8-2-3-9-16)15-12(17)11-4-6-14-7-5-11/h10-11,14H,2-9H2,1H3,(H,15,17). The Balaban J connectivity index is 1.80. The maximum absolute atomic E-state index is 12.1. The molecule has 2 saturated heterocycles. The first kappa shape index (κ1) is 13.3. The van der Waals surface area contributed by atoms with Crippen LogP contribution < -0.4 is 10.6 Å². The molecule has 0 aromatic heterocycles. The fraction of sp³-hybridized carbons (Fsp3) is 0.846. The minimum absolute atomic E-state index is 0.0385. The van der Waals surface area contributed by atoms with E-state index in [1.54, 1.807) is 6.92 Å². The predicted molar refractivity (Wildman–Crippen MR) is 69.0 cm³/mol. The Labute approximate surface area is 108 Å². The van der Waals surface area contributed by atoms with Gasteiger partial charge in [-0.3, -0.25) is 9.59 Å². The SMILES string of the molecule is CC(NC(=O)C1CCNCC1)C(=O)N1CCCC1. The summed E-state index contributed by atoms with van der Waals surface area (Å²) in [6.45, 7) is 5.26. The molecule has 0 spiro atoms. The Morgan fingerprint density at radius 1 is 1.22 bits per heavy atom. The van der Waals surface area contributed by atoms with E-state index >= 15 is 0 Å². The highest BCUT2D eigenvalue weighted by Gasteiger charge is 2.27. The molecule has 5 nitrogen and oxygen atoms in total. The molecule has 0 aromatic rings. The van der Waals surface area contributed by atoms with Crippen molar-refractivity contribution in [2.45, 2.75) is 38.6 Å². The lowest BCUT2D eigenvalue weighted by atomic mass is 9.97. The number of hydrogen-bond donors (Lipinski definition) is 2. The van der Waals surface area contributed by atoms with Gasteiger partial charge in [0.25, 0.3) is 0 Å². The molecule has 2 aliphatic rings. The zero-order chi connectivity index (χ0) is 13.0. The number of rotatable bonds is 3. The number of amides is 2. The van der Waals surface area contributed by atoms with Gasteiger partial charge in [-0.15, -0.1) is 0 Å². The Hall–Kier alpha value is -1.10. The molecule has 1 atom stereocenters. The highest BCUT2D eigenvalue weighted by Crippen LogP contribution is 2.13. The molecule has 2 aliphatic heterocycles. The quantitative estimate of drug-likeness (QED) is 0.750. The van der Waals surface area contributed by atoms with Crippen LogP contribution in [-0.2, 0) is 9.59 Å². The maximum atomic E-state index is 12.1. The highest BCUT2D eigenvalue weighted by molar-refractivity contribution is 5.88. The van der Waals surface area contributed by atoms with Crippen LogP contribution in [0.5, 0.6) is 0 Å². The van der Waals surface area contributed by atoms with Gasteiger partial charge in [-0.1, -0.05) is 0 Å². The number of piperidine rings is 1. The molecule has 0 aliphatic carbocycles. The fourth-order valence-electron chi connectivity index (χ4n) is 2.69. The van der Waals surface area contributed by atoms with Crippen LogP contribution in [-0.4, -0.2) is 48.9 Å². The lowest BCUT2D eigenvalue weighted by Gasteiger charge is -2.25. The lowest BCUT2D eigenvalue weighted by molar-refractivity contribution is -0.136. The monoisotopic (exact) mass is 253 g/mol. The Bertz CT molecular complexity index is 307. The first-order chi connectivity index (χ1) is 8.68. The molecule has 1 unspecified atom stereocenters. The molecule has 2 amide bonds. The molecule has 2 fully saturated rings. The van der Waals surface area contributed by atoms with Crippen molar-refractivity contribution < 1.29 is 9.59 Å². The summed E-state index contributed by atoms with van der Waals surface area (Å²) in [5.74, 6) is 0.173. The molecule has 18 heavy (non-hydrogen) atoms. The third kappa shape index (κ3) is 3.22. The molecule has 0 bridgehead atoms. The van der Waals surface area contributed by atoms with Gasteiger partial charge in [0.05, 0.1) is 0 Å². The van der Waals surface area contributed by atoms with Gasteiger partial charge < -0.3 is 15.5 Å². The van der Waals surface area contributed by atoms with E-state index in [9.17, 15) is 9.59 Å². The van der Waals surface area contributed by atoms with E-state index in [4.69, 9.17) is 0 Å². The van der Waals surface area contributed by atoms with Crippen molar-refractivity contribution >= 4 is 11.8 Å². The van der Waals surface area contributed by atoms with E-state index in [0.29, 0.717) is 0 Å². The molecular weight excluding hydrogens is 230 g/mol. The highest BCUT2D eigenvalue weighted by atomic mass is 16.2. The number of nitrogens with one attached hydrogen (secondary N) is 2. The largest absolute Gasteiger partial charge is 0.344 e. The number of carbonyl (C=O) groups is 2. The van der Waals surface area contributed by atoms with Crippen molar-refractivity contribution in [2.75, 3.05) is 26.2 Å². The van der Waals surface area contributed by atoms with Crippen LogP contribution in [0.1, 0.15) is 32.6 Å². The summed E-state index contributed by atoms with van der Waals surface area (Å²) >= 11 is 0. The molecule has 0 radical (unpaired) electrons. The summed E-state index contributed by atoms with van der Waals surface area (Å²) in [4.78, 5) is 25.9. The van der Waals surface area contributed by atoms with Crippen LogP contribution in [0, 0.1) is 5.92 Å². The van der Waals surface area contributed by atoms with E-state index < -0.39 is 0 Å². The van der Waals surface area contributed by atoms with Gasteiger partial charge in [0.1, 0.15) is 6.04 Å². The summed E-state index contributed by atoms with van der Waals surface area (Å²) in [5, 5.41) is 6.10. The second-order valence-corrected chi connectivity index (χ2v) is 5.29. The van der Waals surface area contributed by atoms with Crippen LogP contribution in [0.25, 0.3) is 0 Å². The van der Waals surface area contributed by atoms with Gasteiger partial charge in [-0.2, -0.15) is 0 Å². The van der Waals surface area contributed by atoms with Gasteiger partial charge in [-0.25, -0.2) is 0 Å². The van der Waals surface area contributed by atoms with Gasteiger partial charge >= 0.3 is 0 Å². The van der Waals surface area contributed by atoms with Crippen LogP contribution in [0.3, 0.4) is 0 Å². The molecule has 2 rings (SSSR count). The molecule has 0 aromatic carbocycles. The van der Waals surface area contributed by atoms with Crippen molar-refractivity contribution in [3.63, 3.8) is 0 Å². The Kier molecular flexibility index (Phi) is 4.58. The second-order valence-electron chi connectivity index (χ2n) is 5.29. The van der Waals surface area contributed by atoms with Gasteiger partial charge in [-0.05, 0) is 45.7 Å². The molecule has 2 N–H and O–H groups in total. The molecule has 5 heteroatoms. The Morgan fingerprint density at radius 2 is 1.83 bits per heavy atom. The van der Waals surface area contributed by atoms with Crippen LogP contribution in [0.15, 0.2) is 0 Å². The molecule has 0 saturated carbocycles. The van der Waals surface area contributed by atoms with Crippen molar-refractivity contribution in [3.05, 3.63) is 0 Å². The smallest absolute Gasteiger partial charge is 0.244 e. The number of hydrogen-bond acceptors (Lipinski definition) is 3. The van der Waals surface area contributed by atoms with E-state index in [2.05, 4.69) is 10.6 Å². The first-order valence-corrected chi connectivity index (χ1v) is 6.98. The number of likely N-dealkylation sites (tertiary alicyclic amines) is 1. The van der Waals surface area contributed by atoms with E-state index in [0.717, 1.165) is 51.9 Å². The minimum Gasteiger partial charge on any atom is -0.344 e. The fourth-order valence-corrected chi connectivity index (χ4v) is 2.69. The van der Waals surface area contributed by atoms with Crippen LogP contribution >= 0.6 is 0 Å². The summed E-state index contributed by atoms with van der Waals surface area (Å²) < 4.78 is 0. The average molecular weight is 253 g/mol. The number of nitrogens with zero attached hydrogens (tertiary/aromatic N) is 1. The molecule has 2 heterocycles. The van der Waals surface area contributed by atoms with E-state index in [1.807, 2.05) is 4.90 Å². The summed E-state index contributed by atoms with van der Waals surface area (Å²) in [7, 11) is 0. The van der Waals surface area contributed by atoms with Crippen LogP contribution in [0.2, 0.25) is 0 Å².